The van der Waals surface area contributed by atoms with Gasteiger partial charge in [0.25, 0.3) is 11.8 Å². The van der Waals surface area contributed by atoms with E-state index >= 15 is 0 Å². The van der Waals surface area contributed by atoms with Crippen molar-refractivity contribution in [2.24, 2.45) is 0 Å². The van der Waals surface area contributed by atoms with Crippen LogP contribution in [0.15, 0.2) is 15.9 Å². The number of imide groups is 1. The Balaban J connectivity index is 1.85. The number of morpholine rings is 1. The summed E-state index contributed by atoms with van der Waals surface area (Å²) in [7, 11) is 0. The van der Waals surface area contributed by atoms with Gasteiger partial charge in [0.15, 0.2) is 0 Å². The molecule has 90 valence electrons. The molecule has 3 heterocycles. The summed E-state index contributed by atoms with van der Waals surface area (Å²) in [5.74, 6) is -0.381. The van der Waals surface area contributed by atoms with Gasteiger partial charge in [-0.05, 0) is 40.2 Å². The summed E-state index contributed by atoms with van der Waals surface area (Å²) in [5.41, 5.74) is 0. The number of likely N-dealkylation sites (tertiary alicyclic amines) is 1. The Morgan fingerprint density at radius 2 is 2.00 bits per heavy atom. The van der Waals surface area contributed by atoms with Crippen LogP contribution in [0.5, 0.6) is 0 Å². The van der Waals surface area contributed by atoms with E-state index in [0.29, 0.717) is 19.4 Å². The quantitative estimate of drug-likeness (QED) is 0.783. The van der Waals surface area contributed by atoms with Crippen LogP contribution >= 0.6 is 27.3 Å². The maximum Gasteiger partial charge on any atom is 0.258 e. The first kappa shape index (κ1) is 11.4. The van der Waals surface area contributed by atoms with E-state index in [9.17, 15) is 9.59 Å². The molecule has 0 aromatic carbocycles. The van der Waals surface area contributed by atoms with Crippen LogP contribution in [0.3, 0.4) is 0 Å². The number of hydrogen-bond donors (Lipinski definition) is 0. The fourth-order valence-electron chi connectivity index (χ4n) is 2.19. The van der Waals surface area contributed by atoms with Crippen LogP contribution in [-0.2, 0) is 20.9 Å². The van der Waals surface area contributed by atoms with Crippen LogP contribution in [-0.4, -0.2) is 28.9 Å². The average molecular weight is 316 g/mol. The summed E-state index contributed by atoms with van der Waals surface area (Å²) in [6, 6.07) is 1.92. The minimum absolute atomic E-state index is 0.191. The molecule has 0 N–H and O–H groups in total. The summed E-state index contributed by atoms with van der Waals surface area (Å²) in [4.78, 5) is 26.3. The molecule has 2 atom stereocenters. The molecule has 0 aliphatic carbocycles. The van der Waals surface area contributed by atoms with Gasteiger partial charge in [-0.25, -0.2) is 0 Å². The van der Waals surface area contributed by atoms with Gasteiger partial charge in [0.1, 0.15) is 12.2 Å². The van der Waals surface area contributed by atoms with Gasteiger partial charge >= 0.3 is 0 Å². The number of carbonyl (C=O) groups is 2. The molecule has 2 saturated heterocycles. The smallest absolute Gasteiger partial charge is 0.258 e. The monoisotopic (exact) mass is 315 g/mol. The highest BCUT2D eigenvalue weighted by Crippen LogP contribution is 2.31. The summed E-state index contributed by atoms with van der Waals surface area (Å²) in [6.07, 6.45) is 0.516. The minimum Gasteiger partial charge on any atom is -0.355 e. The topological polar surface area (TPSA) is 46.6 Å². The van der Waals surface area contributed by atoms with Gasteiger partial charge in [0.2, 0.25) is 0 Å². The zero-order valence-electron chi connectivity index (χ0n) is 8.89. The molecule has 17 heavy (non-hydrogen) atoms. The van der Waals surface area contributed by atoms with Crippen molar-refractivity contribution in [1.82, 2.24) is 4.90 Å². The lowest BCUT2D eigenvalue weighted by molar-refractivity contribution is -0.169. The first-order valence-electron chi connectivity index (χ1n) is 5.39. The van der Waals surface area contributed by atoms with Crippen molar-refractivity contribution >= 4 is 39.1 Å². The lowest BCUT2D eigenvalue weighted by Gasteiger charge is -2.29. The molecular weight excluding hydrogens is 306 g/mol. The number of thiophene rings is 1. The predicted octanol–water partition coefficient (Wildman–Crippen LogP) is 1.93. The number of rotatable bonds is 2. The third-order valence-corrected chi connectivity index (χ3v) is 5.01. The molecule has 1 aromatic heterocycles. The molecule has 0 saturated carbocycles. The van der Waals surface area contributed by atoms with Gasteiger partial charge < -0.3 is 4.74 Å². The first-order chi connectivity index (χ1) is 8.16. The number of halogens is 1. The summed E-state index contributed by atoms with van der Waals surface area (Å²) in [5, 5.41) is 1.93. The predicted molar refractivity (Wildman–Crippen MR) is 65.5 cm³/mol. The van der Waals surface area contributed by atoms with E-state index in [-0.39, 0.29) is 11.8 Å². The standard InChI is InChI=1S/C11H10BrNO3S/c12-6-3-4-17-9(6)5-13-10(14)7-1-2-8(16-7)11(13)15/h3-4,7-8H,1-2,5H2. The van der Waals surface area contributed by atoms with E-state index in [1.165, 1.54) is 16.2 Å². The van der Waals surface area contributed by atoms with Gasteiger partial charge in [0.05, 0.1) is 6.54 Å². The molecule has 0 radical (unpaired) electrons. The Hall–Kier alpha value is -0.720. The second-order valence-corrected chi connectivity index (χ2v) is 6.00. The number of ether oxygens (including phenoxy) is 1. The van der Waals surface area contributed by atoms with Crippen molar-refractivity contribution in [3.8, 4) is 0 Å². The Morgan fingerprint density at radius 1 is 1.35 bits per heavy atom. The fourth-order valence-corrected chi connectivity index (χ4v) is 3.66. The third-order valence-electron chi connectivity index (χ3n) is 3.10. The first-order valence-corrected chi connectivity index (χ1v) is 7.06. The SMILES string of the molecule is O=C1C2CCC(O2)C(=O)N1Cc1sccc1Br. The molecule has 2 aliphatic rings. The molecule has 2 bridgehead atoms. The van der Waals surface area contributed by atoms with Gasteiger partial charge in [-0.1, -0.05) is 0 Å². The van der Waals surface area contributed by atoms with Crippen molar-refractivity contribution in [2.75, 3.05) is 0 Å². The molecule has 0 spiro atoms. The van der Waals surface area contributed by atoms with Crippen molar-refractivity contribution in [3.05, 3.63) is 20.8 Å². The molecule has 2 unspecified atom stereocenters. The maximum absolute atomic E-state index is 12.0. The van der Waals surface area contributed by atoms with E-state index in [2.05, 4.69) is 15.9 Å². The van der Waals surface area contributed by atoms with Gasteiger partial charge in [-0.2, -0.15) is 0 Å². The van der Waals surface area contributed by atoms with Crippen LogP contribution in [0.25, 0.3) is 0 Å². The molecule has 2 aliphatic heterocycles. The Bertz CT molecular complexity index is 465. The van der Waals surface area contributed by atoms with Crippen molar-refractivity contribution < 1.29 is 14.3 Å². The Morgan fingerprint density at radius 3 is 2.53 bits per heavy atom. The summed E-state index contributed by atoms with van der Waals surface area (Å²) in [6.45, 7) is 0.353. The number of carbonyl (C=O) groups excluding carboxylic acids is 2. The van der Waals surface area contributed by atoms with Crippen LogP contribution < -0.4 is 0 Å². The number of nitrogens with zero attached hydrogens (tertiary/aromatic N) is 1. The van der Waals surface area contributed by atoms with Crippen molar-refractivity contribution in [3.63, 3.8) is 0 Å². The minimum atomic E-state index is -0.406. The van der Waals surface area contributed by atoms with E-state index in [4.69, 9.17) is 4.74 Å². The number of fused-ring (bicyclic) bond motifs is 2. The van der Waals surface area contributed by atoms with E-state index in [1.54, 1.807) is 0 Å². The highest BCUT2D eigenvalue weighted by molar-refractivity contribution is 9.10. The van der Waals surface area contributed by atoms with Crippen LogP contribution in [0.4, 0.5) is 0 Å². The van der Waals surface area contributed by atoms with Crippen molar-refractivity contribution in [1.29, 1.82) is 0 Å². The fraction of sp³-hybridized carbons (Fsp3) is 0.455. The Kier molecular flexibility index (Phi) is 2.80. The normalized spacial score (nSPS) is 27.9. The zero-order chi connectivity index (χ0) is 12.0. The molecule has 4 nitrogen and oxygen atoms in total. The van der Waals surface area contributed by atoms with Crippen LogP contribution in [0, 0.1) is 0 Å². The summed E-state index contributed by atoms with van der Waals surface area (Å²) >= 11 is 4.95. The number of amides is 2. The second-order valence-electron chi connectivity index (χ2n) is 4.15. The second kappa shape index (κ2) is 4.19. The molecule has 6 heteroatoms. The van der Waals surface area contributed by atoms with Crippen molar-refractivity contribution in [2.45, 2.75) is 31.6 Å². The van der Waals surface area contributed by atoms with E-state index in [1.807, 2.05) is 11.4 Å². The van der Waals surface area contributed by atoms with Crippen LogP contribution in [0.1, 0.15) is 17.7 Å². The average Bonchev–Trinajstić information content (AvgIpc) is 2.90. The highest BCUT2D eigenvalue weighted by Gasteiger charge is 2.46. The molecule has 2 amide bonds. The van der Waals surface area contributed by atoms with Gasteiger partial charge in [0, 0.05) is 9.35 Å². The zero-order valence-corrected chi connectivity index (χ0v) is 11.3. The summed E-state index contributed by atoms with van der Waals surface area (Å²) < 4.78 is 6.30. The third kappa shape index (κ3) is 1.84. The maximum atomic E-state index is 12.0. The van der Waals surface area contributed by atoms with Crippen LogP contribution in [0.2, 0.25) is 0 Å². The lowest BCUT2D eigenvalue weighted by atomic mass is 10.2. The van der Waals surface area contributed by atoms with E-state index < -0.39 is 12.2 Å². The van der Waals surface area contributed by atoms with Gasteiger partial charge in [-0.3, -0.25) is 14.5 Å². The largest absolute Gasteiger partial charge is 0.355 e. The highest BCUT2D eigenvalue weighted by atomic mass is 79.9. The van der Waals surface area contributed by atoms with E-state index in [0.717, 1.165) is 9.35 Å². The Labute approximate surface area is 111 Å². The molecule has 2 fully saturated rings. The molecule has 1 aromatic rings. The molecule has 3 rings (SSSR count). The molecular formula is C11H10BrNO3S. The van der Waals surface area contributed by atoms with Gasteiger partial charge in [-0.15, -0.1) is 11.3 Å². The number of hydrogen-bond acceptors (Lipinski definition) is 4. The lowest BCUT2D eigenvalue weighted by Crippen LogP contribution is -2.51.